The molecular weight excluding hydrogens is 332 g/mol. The molecule has 1 N–H and O–H groups in total. The largest absolute Gasteiger partial charge is 0.308 e. The summed E-state index contributed by atoms with van der Waals surface area (Å²) in [6.45, 7) is 7.46. The van der Waals surface area contributed by atoms with Crippen LogP contribution >= 0.6 is 27.3 Å². The quantitative estimate of drug-likeness (QED) is 0.806. The van der Waals surface area contributed by atoms with Gasteiger partial charge in [0.2, 0.25) is 0 Å². The number of pyridine rings is 1. The van der Waals surface area contributed by atoms with Gasteiger partial charge in [-0.2, -0.15) is 0 Å². The first-order chi connectivity index (χ1) is 9.61. The highest BCUT2D eigenvalue weighted by Crippen LogP contribution is 2.28. The zero-order valence-electron chi connectivity index (χ0n) is 12.2. The van der Waals surface area contributed by atoms with Gasteiger partial charge in [-0.25, -0.2) is 0 Å². The minimum Gasteiger partial charge on any atom is -0.308 e. The first kappa shape index (κ1) is 15.7. The van der Waals surface area contributed by atoms with Crippen molar-refractivity contribution in [3.63, 3.8) is 0 Å². The van der Waals surface area contributed by atoms with E-state index in [1.54, 1.807) is 11.3 Å². The molecule has 2 aromatic rings. The molecule has 0 spiro atoms. The smallest absolute Gasteiger partial charge is 0.0606 e. The summed E-state index contributed by atoms with van der Waals surface area (Å²) in [5.74, 6) is 0. The predicted molar refractivity (Wildman–Crippen MR) is 90.5 cm³/mol. The zero-order chi connectivity index (χ0) is 14.5. The molecule has 2 heterocycles. The standard InChI is InChI=1S/C16H21BrN2S/c1-4-6-18-14(9-15-13(17)5-7-20-15)16-12(3)8-11(2)10-19-16/h5,7-8,10,14,18H,4,6,9H2,1-3H3. The van der Waals surface area contributed by atoms with Gasteiger partial charge in [0.05, 0.1) is 11.7 Å². The number of nitrogens with one attached hydrogen (secondary N) is 1. The van der Waals surface area contributed by atoms with Gasteiger partial charge in [-0.3, -0.25) is 4.98 Å². The SMILES string of the molecule is CCCNC(Cc1sccc1Br)c1ncc(C)cc1C. The van der Waals surface area contributed by atoms with Crippen molar-refractivity contribution in [2.75, 3.05) is 6.54 Å². The Labute approximate surface area is 133 Å². The minimum absolute atomic E-state index is 0.283. The molecule has 0 fully saturated rings. The molecule has 0 radical (unpaired) electrons. The molecule has 108 valence electrons. The number of hydrogen-bond acceptors (Lipinski definition) is 3. The topological polar surface area (TPSA) is 24.9 Å². The molecule has 0 aromatic carbocycles. The second-order valence-electron chi connectivity index (χ2n) is 5.12. The molecule has 0 saturated heterocycles. The lowest BCUT2D eigenvalue weighted by Gasteiger charge is -2.20. The highest BCUT2D eigenvalue weighted by atomic mass is 79.9. The number of rotatable bonds is 6. The Hall–Kier alpha value is -0.710. The van der Waals surface area contributed by atoms with Gasteiger partial charge < -0.3 is 5.32 Å². The third kappa shape index (κ3) is 3.90. The maximum Gasteiger partial charge on any atom is 0.0606 e. The van der Waals surface area contributed by atoms with Gasteiger partial charge in [0.15, 0.2) is 0 Å². The molecule has 0 amide bonds. The molecule has 0 bridgehead atoms. The maximum atomic E-state index is 4.67. The summed E-state index contributed by atoms with van der Waals surface area (Å²) in [5, 5.41) is 5.77. The van der Waals surface area contributed by atoms with Gasteiger partial charge in [0.25, 0.3) is 0 Å². The zero-order valence-corrected chi connectivity index (χ0v) is 14.6. The Morgan fingerprint density at radius 3 is 2.80 bits per heavy atom. The number of aromatic nitrogens is 1. The fourth-order valence-electron chi connectivity index (χ4n) is 2.33. The summed E-state index contributed by atoms with van der Waals surface area (Å²) in [6.07, 6.45) is 4.08. The molecule has 0 saturated carbocycles. The normalized spacial score (nSPS) is 12.6. The number of thiophene rings is 1. The lowest BCUT2D eigenvalue weighted by molar-refractivity contribution is 0.517. The first-order valence-corrected chi connectivity index (χ1v) is 8.67. The van der Waals surface area contributed by atoms with Gasteiger partial charge in [0.1, 0.15) is 0 Å². The average molecular weight is 353 g/mol. The van der Waals surface area contributed by atoms with E-state index in [4.69, 9.17) is 0 Å². The Bertz CT molecular complexity index is 565. The minimum atomic E-state index is 0.283. The summed E-state index contributed by atoms with van der Waals surface area (Å²) in [7, 11) is 0. The van der Waals surface area contributed by atoms with Crippen LogP contribution in [0.3, 0.4) is 0 Å². The monoisotopic (exact) mass is 352 g/mol. The second-order valence-corrected chi connectivity index (χ2v) is 6.97. The fourth-order valence-corrected chi connectivity index (χ4v) is 3.89. The lowest BCUT2D eigenvalue weighted by Crippen LogP contribution is -2.25. The number of halogens is 1. The van der Waals surface area contributed by atoms with E-state index in [-0.39, 0.29) is 6.04 Å². The van der Waals surface area contributed by atoms with Crippen LogP contribution in [-0.2, 0) is 6.42 Å². The van der Waals surface area contributed by atoms with Crippen LogP contribution < -0.4 is 5.32 Å². The Morgan fingerprint density at radius 2 is 2.20 bits per heavy atom. The highest BCUT2D eigenvalue weighted by molar-refractivity contribution is 9.10. The Morgan fingerprint density at radius 1 is 1.40 bits per heavy atom. The Balaban J connectivity index is 2.24. The molecule has 0 aliphatic rings. The summed E-state index contributed by atoms with van der Waals surface area (Å²) >= 11 is 5.43. The molecule has 0 aliphatic heterocycles. The van der Waals surface area contributed by atoms with Crippen molar-refractivity contribution in [2.45, 2.75) is 39.7 Å². The van der Waals surface area contributed by atoms with Gasteiger partial charge in [-0.05, 0) is 65.3 Å². The molecular formula is C16H21BrN2S. The Kier molecular flexibility index (Phi) is 5.75. The van der Waals surface area contributed by atoms with Gasteiger partial charge in [-0.1, -0.05) is 13.0 Å². The molecule has 2 rings (SSSR count). The molecule has 2 nitrogen and oxygen atoms in total. The van der Waals surface area contributed by atoms with E-state index in [0.717, 1.165) is 19.4 Å². The fraction of sp³-hybridized carbons (Fsp3) is 0.438. The van der Waals surface area contributed by atoms with Crippen LogP contribution in [0.5, 0.6) is 0 Å². The highest BCUT2D eigenvalue weighted by Gasteiger charge is 2.17. The predicted octanol–water partition coefficient (Wildman–Crippen LogP) is 4.81. The van der Waals surface area contributed by atoms with Crippen molar-refractivity contribution in [1.29, 1.82) is 0 Å². The number of hydrogen-bond donors (Lipinski definition) is 1. The van der Waals surface area contributed by atoms with Crippen molar-refractivity contribution < 1.29 is 0 Å². The van der Waals surface area contributed by atoms with Gasteiger partial charge in [0, 0.05) is 22.0 Å². The first-order valence-electron chi connectivity index (χ1n) is 7.00. The van der Waals surface area contributed by atoms with Crippen molar-refractivity contribution in [2.24, 2.45) is 0 Å². The summed E-state index contributed by atoms with van der Waals surface area (Å²) in [6, 6.07) is 4.61. The van der Waals surface area contributed by atoms with Crippen LogP contribution in [0, 0.1) is 13.8 Å². The van der Waals surface area contributed by atoms with E-state index in [0.29, 0.717) is 0 Å². The molecule has 2 aromatic heterocycles. The van der Waals surface area contributed by atoms with E-state index in [2.05, 4.69) is 64.5 Å². The molecule has 20 heavy (non-hydrogen) atoms. The van der Waals surface area contributed by atoms with E-state index in [1.165, 1.54) is 26.2 Å². The van der Waals surface area contributed by atoms with Crippen molar-refractivity contribution >= 4 is 27.3 Å². The van der Waals surface area contributed by atoms with Gasteiger partial charge in [-0.15, -0.1) is 11.3 Å². The van der Waals surface area contributed by atoms with Crippen LogP contribution in [-0.4, -0.2) is 11.5 Å². The third-order valence-electron chi connectivity index (χ3n) is 3.31. The third-order valence-corrected chi connectivity index (χ3v) is 5.26. The molecule has 1 unspecified atom stereocenters. The van der Waals surface area contributed by atoms with E-state index in [1.807, 2.05) is 6.20 Å². The van der Waals surface area contributed by atoms with Gasteiger partial charge >= 0.3 is 0 Å². The summed E-state index contributed by atoms with van der Waals surface area (Å²) in [5.41, 5.74) is 3.66. The van der Waals surface area contributed by atoms with E-state index >= 15 is 0 Å². The molecule has 0 aliphatic carbocycles. The van der Waals surface area contributed by atoms with Crippen LogP contribution in [0.4, 0.5) is 0 Å². The summed E-state index contributed by atoms with van der Waals surface area (Å²) in [4.78, 5) is 6.04. The number of nitrogens with zero attached hydrogens (tertiary/aromatic N) is 1. The molecule has 1 atom stereocenters. The van der Waals surface area contributed by atoms with Crippen molar-refractivity contribution in [3.05, 3.63) is 49.9 Å². The van der Waals surface area contributed by atoms with Crippen LogP contribution in [0.2, 0.25) is 0 Å². The lowest BCUT2D eigenvalue weighted by atomic mass is 10.0. The van der Waals surface area contributed by atoms with Crippen LogP contribution in [0.25, 0.3) is 0 Å². The van der Waals surface area contributed by atoms with Crippen LogP contribution in [0.15, 0.2) is 28.2 Å². The van der Waals surface area contributed by atoms with Crippen molar-refractivity contribution in [3.8, 4) is 0 Å². The van der Waals surface area contributed by atoms with E-state index in [9.17, 15) is 0 Å². The molecule has 4 heteroatoms. The second kappa shape index (κ2) is 7.34. The van der Waals surface area contributed by atoms with Crippen LogP contribution in [0.1, 0.15) is 41.1 Å². The average Bonchev–Trinajstić information content (AvgIpc) is 2.80. The summed E-state index contributed by atoms with van der Waals surface area (Å²) < 4.78 is 1.20. The maximum absolute atomic E-state index is 4.67. The van der Waals surface area contributed by atoms with Crippen molar-refractivity contribution in [1.82, 2.24) is 10.3 Å². The van der Waals surface area contributed by atoms with E-state index < -0.39 is 0 Å². The number of aryl methyl sites for hydroxylation is 2.